The first-order valence-corrected chi connectivity index (χ1v) is 10.1. The summed E-state index contributed by atoms with van der Waals surface area (Å²) in [7, 11) is 0. The summed E-state index contributed by atoms with van der Waals surface area (Å²) < 4.78 is 0. The number of nitrogens with zero attached hydrogens (tertiary/aromatic N) is 3. The Kier molecular flexibility index (Phi) is 6.54. The van der Waals surface area contributed by atoms with Crippen molar-refractivity contribution in [3.8, 4) is 0 Å². The average Bonchev–Trinajstić information content (AvgIpc) is 2.66. The predicted octanol–water partition coefficient (Wildman–Crippen LogP) is 2.09. The monoisotopic (exact) mass is 358 g/mol. The van der Waals surface area contributed by atoms with Crippen molar-refractivity contribution in [3.63, 3.8) is 0 Å². The van der Waals surface area contributed by atoms with Gasteiger partial charge in [0.15, 0.2) is 0 Å². The predicted molar refractivity (Wildman–Crippen MR) is 107 cm³/mol. The van der Waals surface area contributed by atoms with Crippen LogP contribution in [0, 0.1) is 12.8 Å². The minimum absolute atomic E-state index is 0.247. The van der Waals surface area contributed by atoms with Gasteiger partial charge in [-0.05, 0) is 50.3 Å². The number of carbonyl (C=O) groups excluding carboxylic acids is 1. The van der Waals surface area contributed by atoms with Gasteiger partial charge in [0.2, 0.25) is 5.91 Å². The van der Waals surface area contributed by atoms with Crippen molar-refractivity contribution in [2.75, 3.05) is 50.7 Å². The molecule has 0 aliphatic carbocycles. The molecule has 2 saturated heterocycles. The second-order valence-electron chi connectivity index (χ2n) is 8.00. The lowest BCUT2D eigenvalue weighted by Crippen LogP contribution is -2.48. The van der Waals surface area contributed by atoms with E-state index in [1.807, 2.05) is 4.90 Å². The van der Waals surface area contributed by atoms with Crippen molar-refractivity contribution in [3.05, 3.63) is 29.8 Å². The van der Waals surface area contributed by atoms with Gasteiger partial charge in [-0.15, -0.1) is 0 Å². The van der Waals surface area contributed by atoms with E-state index in [9.17, 15) is 4.79 Å². The minimum atomic E-state index is 0.247. The van der Waals surface area contributed by atoms with E-state index in [2.05, 4.69) is 47.9 Å². The van der Waals surface area contributed by atoms with Gasteiger partial charge in [-0.1, -0.05) is 12.1 Å². The van der Waals surface area contributed by atoms with E-state index in [0.717, 1.165) is 58.7 Å². The van der Waals surface area contributed by atoms with Gasteiger partial charge in [-0.3, -0.25) is 9.69 Å². The van der Waals surface area contributed by atoms with Crippen molar-refractivity contribution in [1.82, 2.24) is 9.80 Å². The standard InChI is InChI=1S/C21H34N4O/c1-17-4-3-5-20(16-17)24-14-12-23(13-15-24)9-8-21(26)25-10-6-19(7-11-25)18(2)22/h3-5,16,18-19H,6-15,22H2,1-2H3. The van der Waals surface area contributed by atoms with E-state index in [-0.39, 0.29) is 6.04 Å². The van der Waals surface area contributed by atoms with Gasteiger partial charge < -0.3 is 15.5 Å². The molecule has 2 aliphatic heterocycles. The first kappa shape index (κ1) is 19.2. The Labute approximate surface area is 158 Å². The number of piperidine rings is 1. The molecular weight excluding hydrogens is 324 g/mol. The van der Waals surface area contributed by atoms with Gasteiger partial charge in [-0.25, -0.2) is 0 Å². The van der Waals surface area contributed by atoms with E-state index in [1.165, 1.54) is 11.3 Å². The highest BCUT2D eigenvalue weighted by atomic mass is 16.2. The summed E-state index contributed by atoms with van der Waals surface area (Å²) in [5, 5.41) is 0. The highest BCUT2D eigenvalue weighted by Gasteiger charge is 2.25. The fourth-order valence-corrected chi connectivity index (χ4v) is 4.14. The molecule has 5 heteroatoms. The first-order valence-electron chi connectivity index (χ1n) is 10.1. The van der Waals surface area contributed by atoms with Crippen molar-refractivity contribution < 1.29 is 4.79 Å². The van der Waals surface area contributed by atoms with E-state index < -0.39 is 0 Å². The molecule has 2 fully saturated rings. The van der Waals surface area contributed by atoms with Crippen LogP contribution in [0.5, 0.6) is 0 Å². The Bertz CT molecular complexity index is 587. The molecule has 5 nitrogen and oxygen atoms in total. The van der Waals surface area contributed by atoms with Crippen LogP contribution in [0.15, 0.2) is 24.3 Å². The van der Waals surface area contributed by atoms with Gasteiger partial charge in [0.05, 0.1) is 0 Å². The highest BCUT2D eigenvalue weighted by molar-refractivity contribution is 5.76. The molecule has 0 bridgehead atoms. The lowest BCUT2D eigenvalue weighted by Gasteiger charge is -2.37. The van der Waals surface area contributed by atoms with E-state index in [0.29, 0.717) is 18.2 Å². The summed E-state index contributed by atoms with van der Waals surface area (Å²) in [4.78, 5) is 19.4. The molecule has 0 saturated carbocycles. The molecule has 2 N–H and O–H groups in total. The van der Waals surface area contributed by atoms with Crippen LogP contribution in [0.1, 0.15) is 31.7 Å². The molecule has 1 amide bonds. The van der Waals surface area contributed by atoms with Crippen LogP contribution in [0.25, 0.3) is 0 Å². The molecule has 3 rings (SSSR count). The molecule has 2 aliphatic rings. The summed E-state index contributed by atoms with van der Waals surface area (Å²) >= 11 is 0. The van der Waals surface area contributed by atoms with E-state index in [1.54, 1.807) is 0 Å². The molecular formula is C21H34N4O. The van der Waals surface area contributed by atoms with Crippen LogP contribution >= 0.6 is 0 Å². The molecule has 1 aromatic rings. The van der Waals surface area contributed by atoms with E-state index >= 15 is 0 Å². The molecule has 1 atom stereocenters. The van der Waals surface area contributed by atoms with E-state index in [4.69, 9.17) is 5.73 Å². The van der Waals surface area contributed by atoms with Crippen molar-refractivity contribution in [2.24, 2.45) is 11.7 Å². The summed E-state index contributed by atoms with van der Waals surface area (Å²) in [6.07, 6.45) is 2.75. The summed E-state index contributed by atoms with van der Waals surface area (Å²) in [6.45, 7) is 11.0. The van der Waals surface area contributed by atoms with Gasteiger partial charge in [0.1, 0.15) is 0 Å². The minimum Gasteiger partial charge on any atom is -0.369 e. The van der Waals surface area contributed by atoms with Crippen molar-refractivity contribution >= 4 is 11.6 Å². The molecule has 144 valence electrons. The molecule has 2 heterocycles. The fraction of sp³-hybridized carbons (Fsp3) is 0.667. The maximum absolute atomic E-state index is 12.5. The Balaban J connectivity index is 1.38. The molecule has 0 spiro atoms. The number of piperazine rings is 1. The molecule has 26 heavy (non-hydrogen) atoms. The normalized spacial score (nSPS) is 21.0. The first-order chi connectivity index (χ1) is 12.5. The van der Waals surface area contributed by atoms with Crippen LogP contribution in [-0.2, 0) is 4.79 Å². The average molecular weight is 359 g/mol. The van der Waals surface area contributed by atoms with Gasteiger partial charge >= 0.3 is 0 Å². The lowest BCUT2D eigenvalue weighted by molar-refractivity contribution is -0.133. The van der Waals surface area contributed by atoms with Gasteiger partial charge in [0.25, 0.3) is 0 Å². The maximum Gasteiger partial charge on any atom is 0.223 e. The zero-order valence-corrected chi connectivity index (χ0v) is 16.4. The van der Waals surface area contributed by atoms with Crippen LogP contribution in [0.2, 0.25) is 0 Å². The van der Waals surface area contributed by atoms with Gasteiger partial charge in [0, 0.05) is 64.0 Å². The third kappa shape index (κ3) is 4.98. The third-order valence-corrected chi connectivity index (χ3v) is 6.02. The zero-order chi connectivity index (χ0) is 18.5. The number of hydrogen-bond acceptors (Lipinski definition) is 4. The molecule has 0 aromatic heterocycles. The quantitative estimate of drug-likeness (QED) is 0.876. The lowest BCUT2D eigenvalue weighted by atomic mass is 9.91. The van der Waals surface area contributed by atoms with Crippen molar-refractivity contribution in [2.45, 2.75) is 39.2 Å². The molecule has 1 unspecified atom stereocenters. The summed E-state index contributed by atoms with van der Waals surface area (Å²) in [5.41, 5.74) is 8.62. The smallest absolute Gasteiger partial charge is 0.223 e. The fourth-order valence-electron chi connectivity index (χ4n) is 4.14. The maximum atomic E-state index is 12.5. The summed E-state index contributed by atoms with van der Waals surface area (Å²) in [5.74, 6) is 0.892. The second-order valence-corrected chi connectivity index (χ2v) is 8.00. The number of carbonyl (C=O) groups is 1. The molecule has 1 aromatic carbocycles. The van der Waals surface area contributed by atoms with Crippen LogP contribution in [0.4, 0.5) is 5.69 Å². The topological polar surface area (TPSA) is 52.8 Å². The second kappa shape index (κ2) is 8.87. The number of aryl methyl sites for hydroxylation is 1. The number of anilines is 1. The Hall–Kier alpha value is -1.59. The Morgan fingerprint density at radius 3 is 2.46 bits per heavy atom. The molecule has 0 radical (unpaired) electrons. The van der Waals surface area contributed by atoms with Gasteiger partial charge in [-0.2, -0.15) is 0 Å². The van der Waals surface area contributed by atoms with Crippen LogP contribution in [0.3, 0.4) is 0 Å². The number of rotatable bonds is 5. The Morgan fingerprint density at radius 1 is 1.15 bits per heavy atom. The number of likely N-dealkylation sites (tertiary alicyclic amines) is 1. The number of amides is 1. The van der Waals surface area contributed by atoms with Crippen molar-refractivity contribution in [1.29, 1.82) is 0 Å². The summed E-state index contributed by atoms with van der Waals surface area (Å²) in [6, 6.07) is 8.97. The zero-order valence-electron chi connectivity index (χ0n) is 16.4. The van der Waals surface area contributed by atoms with Crippen LogP contribution in [-0.4, -0.2) is 67.6 Å². The largest absolute Gasteiger partial charge is 0.369 e. The SMILES string of the molecule is Cc1cccc(N2CCN(CCC(=O)N3CCC(C(C)N)CC3)CC2)c1. The number of benzene rings is 1. The Morgan fingerprint density at radius 2 is 1.85 bits per heavy atom. The van der Waals surface area contributed by atoms with Crippen LogP contribution < -0.4 is 10.6 Å². The number of hydrogen-bond donors (Lipinski definition) is 1. The number of nitrogens with two attached hydrogens (primary N) is 1. The highest BCUT2D eigenvalue weighted by Crippen LogP contribution is 2.21. The third-order valence-electron chi connectivity index (χ3n) is 6.02.